The maximum Gasteiger partial charge on any atom is 0.134 e. The summed E-state index contributed by atoms with van der Waals surface area (Å²) in [7, 11) is 1.73. The summed E-state index contributed by atoms with van der Waals surface area (Å²) in [6.07, 6.45) is 3.52. The third-order valence-corrected chi connectivity index (χ3v) is 4.48. The molecule has 0 saturated carbocycles. The van der Waals surface area contributed by atoms with Crippen LogP contribution < -0.4 is 10.1 Å². The first-order valence-electron chi connectivity index (χ1n) is 6.06. The van der Waals surface area contributed by atoms with Gasteiger partial charge in [0.15, 0.2) is 0 Å². The number of nitrogens with one attached hydrogen (secondary N) is 1. The van der Waals surface area contributed by atoms with Gasteiger partial charge in [0, 0.05) is 12.1 Å². The second-order valence-corrected chi connectivity index (χ2v) is 5.11. The summed E-state index contributed by atoms with van der Waals surface area (Å²) in [5, 5.41) is 5.77. The maximum absolute atomic E-state index is 5.32. The van der Waals surface area contributed by atoms with E-state index in [0.29, 0.717) is 0 Å². The van der Waals surface area contributed by atoms with Gasteiger partial charge in [-0.1, -0.05) is 20.8 Å². The highest BCUT2D eigenvalue weighted by Crippen LogP contribution is 2.26. The fourth-order valence-electron chi connectivity index (χ4n) is 2.03. The van der Waals surface area contributed by atoms with Gasteiger partial charge in [0.2, 0.25) is 0 Å². The summed E-state index contributed by atoms with van der Waals surface area (Å²) in [6, 6.07) is 2.03. The number of hydrogen-bond acceptors (Lipinski definition) is 3. The molecule has 0 bridgehead atoms. The van der Waals surface area contributed by atoms with Gasteiger partial charge in [-0.05, 0) is 30.7 Å². The lowest BCUT2D eigenvalue weighted by Gasteiger charge is -2.32. The average Bonchev–Trinajstić information content (AvgIpc) is 2.79. The van der Waals surface area contributed by atoms with Gasteiger partial charge in [-0.15, -0.1) is 11.3 Å². The summed E-state index contributed by atoms with van der Waals surface area (Å²) in [5.74, 6) is 1.01. The van der Waals surface area contributed by atoms with E-state index in [4.69, 9.17) is 4.74 Å². The zero-order valence-electron chi connectivity index (χ0n) is 10.8. The maximum atomic E-state index is 5.32. The normalized spacial score (nSPS) is 11.8. The third kappa shape index (κ3) is 2.98. The van der Waals surface area contributed by atoms with E-state index in [2.05, 4.69) is 31.5 Å². The second-order valence-electron chi connectivity index (χ2n) is 4.11. The molecule has 3 heteroatoms. The Labute approximate surface area is 103 Å². The Hall–Kier alpha value is -0.540. The minimum Gasteiger partial charge on any atom is -0.496 e. The number of rotatable bonds is 7. The second kappa shape index (κ2) is 6.26. The van der Waals surface area contributed by atoms with E-state index < -0.39 is 0 Å². The minimum absolute atomic E-state index is 0.287. The quantitative estimate of drug-likeness (QED) is 0.783. The molecule has 0 amide bonds. The van der Waals surface area contributed by atoms with Crippen LogP contribution in [-0.4, -0.2) is 12.6 Å². The largest absolute Gasteiger partial charge is 0.496 e. The smallest absolute Gasteiger partial charge is 0.134 e. The van der Waals surface area contributed by atoms with Crippen molar-refractivity contribution in [1.29, 1.82) is 0 Å². The molecular formula is C13H23NOS. The van der Waals surface area contributed by atoms with Crippen molar-refractivity contribution in [3.8, 4) is 5.75 Å². The van der Waals surface area contributed by atoms with Crippen molar-refractivity contribution in [3.05, 3.63) is 16.3 Å². The van der Waals surface area contributed by atoms with E-state index in [9.17, 15) is 0 Å². The van der Waals surface area contributed by atoms with Gasteiger partial charge in [0.25, 0.3) is 0 Å². The lowest BCUT2D eigenvalue weighted by molar-refractivity contribution is 0.287. The molecule has 0 unspecified atom stereocenters. The molecule has 0 atom stereocenters. The monoisotopic (exact) mass is 241 g/mol. The van der Waals surface area contributed by atoms with Crippen LogP contribution in [0.4, 0.5) is 0 Å². The van der Waals surface area contributed by atoms with Crippen LogP contribution in [0.1, 0.15) is 44.9 Å². The van der Waals surface area contributed by atoms with Crippen molar-refractivity contribution in [2.75, 3.05) is 7.11 Å². The van der Waals surface area contributed by atoms with E-state index in [-0.39, 0.29) is 5.54 Å². The Morgan fingerprint density at radius 1 is 1.25 bits per heavy atom. The molecule has 0 aromatic carbocycles. The SMILES string of the molecule is CCC(CC)(CC)NCc1sccc1OC. The lowest BCUT2D eigenvalue weighted by Crippen LogP contribution is -2.42. The van der Waals surface area contributed by atoms with Crippen molar-refractivity contribution < 1.29 is 4.74 Å². The van der Waals surface area contributed by atoms with Crippen molar-refractivity contribution in [2.24, 2.45) is 0 Å². The Kier molecular flexibility index (Phi) is 5.29. The molecule has 1 N–H and O–H groups in total. The van der Waals surface area contributed by atoms with E-state index in [1.54, 1.807) is 18.4 Å². The van der Waals surface area contributed by atoms with E-state index >= 15 is 0 Å². The number of hydrogen-bond donors (Lipinski definition) is 1. The topological polar surface area (TPSA) is 21.3 Å². The van der Waals surface area contributed by atoms with Gasteiger partial charge in [-0.2, -0.15) is 0 Å². The van der Waals surface area contributed by atoms with Gasteiger partial charge in [-0.25, -0.2) is 0 Å². The summed E-state index contributed by atoms with van der Waals surface area (Å²) in [5.41, 5.74) is 0.287. The fourth-order valence-corrected chi connectivity index (χ4v) is 2.81. The van der Waals surface area contributed by atoms with Crippen LogP contribution >= 0.6 is 11.3 Å². The molecule has 1 heterocycles. The summed E-state index contributed by atoms with van der Waals surface area (Å²) >= 11 is 1.76. The first-order chi connectivity index (χ1) is 7.71. The predicted molar refractivity (Wildman–Crippen MR) is 71.3 cm³/mol. The van der Waals surface area contributed by atoms with Crippen LogP contribution in [-0.2, 0) is 6.54 Å². The van der Waals surface area contributed by atoms with Crippen LogP contribution in [0.5, 0.6) is 5.75 Å². The van der Waals surface area contributed by atoms with Crippen molar-refractivity contribution in [1.82, 2.24) is 5.32 Å². The van der Waals surface area contributed by atoms with Gasteiger partial charge < -0.3 is 10.1 Å². The Balaban J connectivity index is 2.62. The fraction of sp³-hybridized carbons (Fsp3) is 0.692. The van der Waals surface area contributed by atoms with Crippen molar-refractivity contribution >= 4 is 11.3 Å². The van der Waals surface area contributed by atoms with E-state index in [0.717, 1.165) is 12.3 Å². The molecule has 0 aliphatic rings. The molecule has 16 heavy (non-hydrogen) atoms. The third-order valence-electron chi connectivity index (χ3n) is 3.58. The standard InChI is InChI=1S/C13H23NOS/c1-5-13(6-2,7-3)14-10-12-11(15-4)8-9-16-12/h8-9,14H,5-7,10H2,1-4H3. The molecule has 2 nitrogen and oxygen atoms in total. The molecule has 0 radical (unpaired) electrons. The van der Waals surface area contributed by atoms with Crippen LogP contribution in [0.15, 0.2) is 11.4 Å². The molecule has 0 aliphatic heterocycles. The first kappa shape index (κ1) is 13.5. The number of thiophene rings is 1. The summed E-state index contributed by atoms with van der Waals surface area (Å²) in [6.45, 7) is 7.68. The first-order valence-corrected chi connectivity index (χ1v) is 6.94. The molecule has 0 aliphatic carbocycles. The van der Waals surface area contributed by atoms with Crippen molar-refractivity contribution in [2.45, 2.75) is 52.1 Å². The number of ether oxygens (including phenoxy) is 1. The molecule has 1 aromatic rings. The summed E-state index contributed by atoms with van der Waals surface area (Å²) < 4.78 is 5.32. The Morgan fingerprint density at radius 2 is 1.88 bits per heavy atom. The molecule has 0 saturated heterocycles. The number of methoxy groups -OCH3 is 1. The molecule has 92 valence electrons. The minimum atomic E-state index is 0.287. The highest BCUT2D eigenvalue weighted by molar-refractivity contribution is 7.10. The van der Waals surface area contributed by atoms with Gasteiger partial charge in [0.05, 0.1) is 12.0 Å². The van der Waals surface area contributed by atoms with Crippen LogP contribution in [0.2, 0.25) is 0 Å². The molecule has 1 aromatic heterocycles. The van der Waals surface area contributed by atoms with Crippen LogP contribution in [0.3, 0.4) is 0 Å². The Bertz CT molecular complexity index is 296. The zero-order chi connectivity index (χ0) is 12.0. The van der Waals surface area contributed by atoms with Crippen LogP contribution in [0, 0.1) is 0 Å². The summed E-state index contributed by atoms with van der Waals surface area (Å²) in [4.78, 5) is 1.29. The molecule has 0 spiro atoms. The van der Waals surface area contributed by atoms with Crippen molar-refractivity contribution in [3.63, 3.8) is 0 Å². The van der Waals surface area contributed by atoms with E-state index in [1.807, 2.05) is 6.07 Å². The van der Waals surface area contributed by atoms with Crippen LogP contribution in [0.25, 0.3) is 0 Å². The van der Waals surface area contributed by atoms with Gasteiger partial charge in [0.1, 0.15) is 5.75 Å². The van der Waals surface area contributed by atoms with Gasteiger partial charge >= 0.3 is 0 Å². The lowest BCUT2D eigenvalue weighted by atomic mass is 9.90. The zero-order valence-corrected chi connectivity index (χ0v) is 11.6. The van der Waals surface area contributed by atoms with Gasteiger partial charge in [-0.3, -0.25) is 0 Å². The predicted octanol–water partition coefficient (Wildman–Crippen LogP) is 3.82. The molecular weight excluding hydrogens is 218 g/mol. The molecule has 1 rings (SSSR count). The highest BCUT2D eigenvalue weighted by atomic mass is 32.1. The highest BCUT2D eigenvalue weighted by Gasteiger charge is 2.23. The molecule has 0 fully saturated rings. The Morgan fingerprint density at radius 3 is 2.38 bits per heavy atom. The average molecular weight is 241 g/mol. The van der Waals surface area contributed by atoms with E-state index in [1.165, 1.54) is 24.1 Å².